The SMILES string of the molecule is FC1(F)CC=C(c2cnc(-c3ncccn3)cn2)CC1. The summed E-state index contributed by atoms with van der Waals surface area (Å²) in [5.41, 5.74) is 2.03. The van der Waals surface area contributed by atoms with Crippen molar-refractivity contribution >= 4 is 5.57 Å². The lowest BCUT2D eigenvalue weighted by Crippen LogP contribution is -2.18. The number of alkyl halides is 2. The minimum Gasteiger partial charge on any atom is -0.253 e. The summed E-state index contributed by atoms with van der Waals surface area (Å²) < 4.78 is 26.2. The van der Waals surface area contributed by atoms with Crippen molar-refractivity contribution in [2.75, 3.05) is 0 Å². The Bertz CT molecular complexity index is 623. The molecule has 0 unspecified atom stereocenters. The van der Waals surface area contributed by atoms with E-state index in [4.69, 9.17) is 0 Å². The van der Waals surface area contributed by atoms with Crippen molar-refractivity contribution in [2.45, 2.75) is 25.2 Å². The van der Waals surface area contributed by atoms with E-state index < -0.39 is 5.92 Å². The number of allylic oxidation sites excluding steroid dienone is 2. The summed E-state index contributed by atoms with van der Waals surface area (Å²) in [5.74, 6) is -2.09. The van der Waals surface area contributed by atoms with Crippen LogP contribution in [-0.4, -0.2) is 25.9 Å². The Kier molecular flexibility index (Phi) is 3.22. The molecule has 2 aromatic rings. The molecule has 0 aliphatic heterocycles. The lowest BCUT2D eigenvalue weighted by Gasteiger charge is -2.20. The highest BCUT2D eigenvalue weighted by Crippen LogP contribution is 2.35. The van der Waals surface area contributed by atoms with E-state index in [9.17, 15) is 8.78 Å². The maximum atomic E-state index is 13.1. The number of aromatic nitrogens is 4. The lowest BCUT2D eigenvalue weighted by atomic mass is 9.94. The van der Waals surface area contributed by atoms with Gasteiger partial charge in [0, 0.05) is 25.2 Å². The van der Waals surface area contributed by atoms with Gasteiger partial charge >= 0.3 is 0 Å². The van der Waals surface area contributed by atoms with Gasteiger partial charge in [-0.15, -0.1) is 0 Å². The molecule has 6 heteroatoms. The van der Waals surface area contributed by atoms with Crippen molar-refractivity contribution in [1.29, 1.82) is 0 Å². The average molecular weight is 274 g/mol. The first-order chi connectivity index (χ1) is 9.64. The van der Waals surface area contributed by atoms with E-state index in [1.54, 1.807) is 36.9 Å². The molecule has 0 atom stereocenters. The van der Waals surface area contributed by atoms with Gasteiger partial charge in [-0.25, -0.2) is 23.7 Å². The van der Waals surface area contributed by atoms with Crippen molar-refractivity contribution in [2.24, 2.45) is 0 Å². The molecule has 1 aliphatic carbocycles. The van der Waals surface area contributed by atoms with Gasteiger partial charge in [0.15, 0.2) is 5.82 Å². The second-order valence-electron chi connectivity index (χ2n) is 4.65. The fourth-order valence-electron chi connectivity index (χ4n) is 2.07. The maximum Gasteiger partial charge on any atom is 0.251 e. The number of halogens is 2. The van der Waals surface area contributed by atoms with Gasteiger partial charge in [-0.05, 0) is 18.1 Å². The standard InChI is InChI=1S/C14H12F2N4/c15-14(16)4-2-10(3-5-14)11-8-20-12(9-19-11)13-17-6-1-7-18-13/h1-2,6-9H,3-5H2. The number of rotatable bonds is 2. The van der Waals surface area contributed by atoms with E-state index in [0.29, 0.717) is 23.6 Å². The molecule has 0 bridgehead atoms. The molecular formula is C14H12F2N4. The van der Waals surface area contributed by atoms with Crippen molar-refractivity contribution < 1.29 is 8.78 Å². The van der Waals surface area contributed by atoms with Crippen molar-refractivity contribution in [1.82, 2.24) is 19.9 Å². The molecule has 102 valence electrons. The predicted octanol–water partition coefficient (Wildman–Crippen LogP) is 3.14. The van der Waals surface area contributed by atoms with Gasteiger partial charge in [0.2, 0.25) is 0 Å². The lowest BCUT2D eigenvalue weighted by molar-refractivity contribution is -0.00605. The molecule has 0 saturated heterocycles. The predicted molar refractivity (Wildman–Crippen MR) is 69.8 cm³/mol. The van der Waals surface area contributed by atoms with Crippen molar-refractivity contribution in [3.05, 3.63) is 42.6 Å². The minimum atomic E-state index is -2.59. The third-order valence-corrected chi connectivity index (χ3v) is 3.18. The average Bonchev–Trinajstić information content (AvgIpc) is 2.48. The highest BCUT2D eigenvalue weighted by Gasteiger charge is 2.31. The summed E-state index contributed by atoms with van der Waals surface area (Å²) in [4.78, 5) is 16.7. The number of hydrogen-bond donors (Lipinski definition) is 0. The minimum absolute atomic E-state index is 0.135. The Labute approximate surface area is 114 Å². The molecule has 0 radical (unpaired) electrons. The number of hydrogen-bond acceptors (Lipinski definition) is 4. The van der Waals surface area contributed by atoms with Crippen LogP contribution in [0.5, 0.6) is 0 Å². The fourth-order valence-corrected chi connectivity index (χ4v) is 2.07. The molecule has 1 aliphatic rings. The summed E-state index contributed by atoms with van der Waals surface area (Å²) in [6.07, 6.45) is 7.92. The monoisotopic (exact) mass is 274 g/mol. The fraction of sp³-hybridized carbons (Fsp3) is 0.286. The molecule has 0 N–H and O–H groups in total. The van der Waals surface area contributed by atoms with Gasteiger partial charge in [-0.3, -0.25) is 4.98 Å². The normalized spacial score (nSPS) is 17.6. The molecule has 3 rings (SSSR count). The second-order valence-corrected chi connectivity index (χ2v) is 4.65. The highest BCUT2D eigenvalue weighted by atomic mass is 19.3. The summed E-state index contributed by atoms with van der Waals surface area (Å²) in [6, 6.07) is 1.72. The Hall–Kier alpha value is -2.24. The molecule has 0 fully saturated rings. The Morgan fingerprint density at radius 2 is 1.65 bits per heavy atom. The van der Waals surface area contributed by atoms with Crippen LogP contribution in [0.25, 0.3) is 17.1 Å². The van der Waals surface area contributed by atoms with Gasteiger partial charge < -0.3 is 0 Å². The van der Waals surface area contributed by atoms with Crippen LogP contribution in [0, 0.1) is 0 Å². The van der Waals surface area contributed by atoms with E-state index in [1.807, 2.05) is 0 Å². The molecule has 2 heterocycles. The second kappa shape index (κ2) is 5.03. The zero-order valence-corrected chi connectivity index (χ0v) is 10.6. The maximum absolute atomic E-state index is 13.1. The first kappa shape index (κ1) is 12.8. The van der Waals surface area contributed by atoms with Gasteiger partial charge in [-0.1, -0.05) is 6.08 Å². The van der Waals surface area contributed by atoms with Gasteiger partial charge in [-0.2, -0.15) is 0 Å². The summed E-state index contributed by atoms with van der Waals surface area (Å²) in [7, 11) is 0. The van der Waals surface area contributed by atoms with Crippen LogP contribution in [0.1, 0.15) is 25.0 Å². The smallest absolute Gasteiger partial charge is 0.251 e. The third-order valence-electron chi connectivity index (χ3n) is 3.18. The molecule has 2 aromatic heterocycles. The molecule has 0 saturated carbocycles. The van der Waals surface area contributed by atoms with E-state index in [0.717, 1.165) is 5.57 Å². The topological polar surface area (TPSA) is 51.6 Å². The van der Waals surface area contributed by atoms with E-state index in [1.165, 1.54) is 0 Å². The first-order valence-corrected chi connectivity index (χ1v) is 6.31. The molecular weight excluding hydrogens is 262 g/mol. The van der Waals surface area contributed by atoms with Crippen LogP contribution in [0.3, 0.4) is 0 Å². The quantitative estimate of drug-likeness (QED) is 0.844. The summed E-state index contributed by atoms with van der Waals surface area (Å²) in [6.45, 7) is 0. The zero-order valence-electron chi connectivity index (χ0n) is 10.6. The zero-order chi connectivity index (χ0) is 14.0. The summed E-state index contributed by atoms with van der Waals surface area (Å²) in [5, 5.41) is 0. The highest BCUT2D eigenvalue weighted by molar-refractivity contribution is 5.63. The number of nitrogens with zero attached hydrogens (tertiary/aromatic N) is 4. The van der Waals surface area contributed by atoms with Crippen LogP contribution in [0.15, 0.2) is 36.9 Å². The third kappa shape index (κ3) is 2.68. The van der Waals surface area contributed by atoms with Crippen LogP contribution in [-0.2, 0) is 0 Å². The van der Waals surface area contributed by atoms with E-state index >= 15 is 0 Å². The first-order valence-electron chi connectivity index (χ1n) is 6.31. The molecule has 0 aromatic carbocycles. The van der Waals surface area contributed by atoms with Crippen molar-refractivity contribution in [3.63, 3.8) is 0 Å². The van der Waals surface area contributed by atoms with Crippen LogP contribution in [0.2, 0.25) is 0 Å². The molecule has 20 heavy (non-hydrogen) atoms. The Balaban J connectivity index is 1.82. The summed E-state index contributed by atoms with van der Waals surface area (Å²) >= 11 is 0. The van der Waals surface area contributed by atoms with E-state index in [-0.39, 0.29) is 12.8 Å². The van der Waals surface area contributed by atoms with Crippen LogP contribution < -0.4 is 0 Å². The van der Waals surface area contributed by atoms with Gasteiger partial charge in [0.1, 0.15) is 5.69 Å². The largest absolute Gasteiger partial charge is 0.253 e. The van der Waals surface area contributed by atoms with Crippen molar-refractivity contribution in [3.8, 4) is 11.5 Å². The van der Waals surface area contributed by atoms with Crippen LogP contribution in [0.4, 0.5) is 8.78 Å². The molecule has 4 nitrogen and oxygen atoms in total. The van der Waals surface area contributed by atoms with Gasteiger partial charge in [0.25, 0.3) is 5.92 Å². The molecule has 0 amide bonds. The Morgan fingerprint density at radius 3 is 2.25 bits per heavy atom. The Morgan fingerprint density at radius 1 is 0.950 bits per heavy atom. The van der Waals surface area contributed by atoms with Gasteiger partial charge in [0.05, 0.1) is 18.1 Å². The van der Waals surface area contributed by atoms with Crippen LogP contribution >= 0.6 is 0 Å². The molecule has 0 spiro atoms. The van der Waals surface area contributed by atoms with E-state index in [2.05, 4.69) is 19.9 Å².